The number of fused-ring (bicyclic) bond motifs is 1. The number of aryl methyl sites for hydroxylation is 2. The molecule has 1 aromatic carbocycles. The predicted octanol–water partition coefficient (Wildman–Crippen LogP) is 3.10. The number of benzene rings is 1. The van der Waals surface area contributed by atoms with Gasteiger partial charge in [0.1, 0.15) is 4.88 Å². The van der Waals surface area contributed by atoms with Crippen molar-refractivity contribution in [1.82, 2.24) is 5.32 Å². The molecule has 5 nitrogen and oxygen atoms in total. The first-order valence-corrected chi connectivity index (χ1v) is 9.97. The summed E-state index contributed by atoms with van der Waals surface area (Å²) >= 11 is 1.46. The van der Waals surface area contributed by atoms with Crippen LogP contribution in [0.4, 0.5) is 0 Å². The molecule has 6 heteroatoms. The molecule has 0 radical (unpaired) electrons. The SMILES string of the molecule is CC(=O)[C@H](Cc1ccccc1)NC(=O)COC(=O)c1cc2c(s1)CCCC2. The minimum atomic E-state index is -0.632. The molecule has 1 aromatic heterocycles. The Bertz CT molecular complexity index is 804. The quantitative estimate of drug-likeness (QED) is 0.744. The van der Waals surface area contributed by atoms with Crippen molar-refractivity contribution in [3.8, 4) is 0 Å². The van der Waals surface area contributed by atoms with Crippen LogP contribution in [0.1, 0.15) is 45.4 Å². The second-order valence-corrected chi connectivity index (χ2v) is 7.90. The monoisotopic (exact) mass is 385 g/mol. The highest BCUT2D eigenvalue weighted by Crippen LogP contribution is 2.29. The predicted molar refractivity (Wildman–Crippen MR) is 104 cm³/mol. The van der Waals surface area contributed by atoms with Crippen molar-refractivity contribution >= 4 is 29.0 Å². The van der Waals surface area contributed by atoms with E-state index in [-0.39, 0.29) is 12.4 Å². The highest BCUT2D eigenvalue weighted by molar-refractivity contribution is 7.14. The standard InChI is InChI=1S/C21H23NO4S/c1-14(23)17(11-15-7-3-2-4-8-15)22-20(24)13-26-21(25)19-12-16-9-5-6-10-18(16)27-19/h2-4,7-8,12,17H,5-6,9-11,13H2,1H3,(H,22,24)/t17-/m0/s1. The lowest BCUT2D eigenvalue weighted by molar-refractivity contribution is -0.128. The van der Waals surface area contributed by atoms with Gasteiger partial charge >= 0.3 is 5.97 Å². The van der Waals surface area contributed by atoms with Gasteiger partial charge in [0.05, 0.1) is 6.04 Å². The van der Waals surface area contributed by atoms with Crippen molar-refractivity contribution in [2.24, 2.45) is 0 Å². The van der Waals surface area contributed by atoms with Crippen molar-refractivity contribution in [2.45, 2.75) is 45.1 Å². The van der Waals surface area contributed by atoms with Gasteiger partial charge in [-0.15, -0.1) is 11.3 Å². The van der Waals surface area contributed by atoms with Crippen molar-refractivity contribution in [3.63, 3.8) is 0 Å². The highest BCUT2D eigenvalue weighted by Gasteiger charge is 2.21. The van der Waals surface area contributed by atoms with E-state index in [0.29, 0.717) is 11.3 Å². The van der Waals surface area contributed by atoms with Crippen LogP contribution in [0.15, 0.2) is 36.4 Å². The molecule has 1 N–H and O–H groups in total. The summed E-state index contributed by atoms with van der Waals surface area (Å²) in [6.45, 7) is 1.05. The summed E-state index contributed by atoms with van der Waals surface area (Å²) in [5.74, 6) is -1.09. The second kappa shape index (κ2) is 8.95. The Morgan fingerprint density at radius 3 is 2.59 bits per heavy atom. The third-order valence-corrected chi connectivity index (χ3v) is 5.86. The molecule has 0 aliphatic heterocycles. The van der Waals surface area contributed by atoms with Gasteiger partial charge in [-0.2, -0.15) is 0 Å². The Labute approximate surface area is 162 Å². The first kappa shape index (κ1) is 19.3. The van der Waals surface area contributed by atoms with E-state index in [1.807, 2.05) is 36.4 Å². The number of ether oxygens (including phenoxy) is 1. The van der Waals surface area contributed by atoms with Gasteiger partial charge in [-0.1, -0.05) is 30.3 Å². The molecule has 0 bridgehead atoms. The number of nitrogens with one attached hydrogen (secondary N) is 1. The van der Waals surface area contributed by atoms with Gasteiger partial charge in [-0.3, -0.25) is 9.59 Å². The number of Topliss-reactive ketones (excluding diaryl/α,β-unsaturated/α-hetero) is 1. The molecule has 1 aliphatic rings. The van der Waals surface area contributed by atoms with Crippen LogP contribution in [0, 0.1) is 0 Å². The average molecular weight is 385 g/mol. The zero-order chi connectivity index (χ0) is 19.2. The first-order chi connectivity index (χ1) is 13.0. The van der Waals surface area contributed by atoms with E-state index >= 15 is 0 Å². The van der Waals surface area contributed by atoms with E-state index < -0.39 is 17.9 Å². The van der Waals surface area contributed by atoms with Crippen molar-refractivity contribution < 1.29 is 19.1 Å². The lowest BCUT2D eigenvalue weighted by Crippen LogP contribution is -2.43. The Kier molecular flexibility index (Phi) is 6.40. The molecule has 27 heavy (non-hydrogen) atoms. The number of amides is 1. The number of carbonyl (C=O) groups excluding carboxylic acids is 3. The van der Waals surface area contributed by atoms with Crippen LogP contribution in [0.5, 0.6) is 0 Å². The molecule has 0 saturated heterocycles. The van der Waals surface area contributed by atoms with E-state index in [4.69, 9.17) is 4.74 Å². The molecule has 0 spiro atoms. The lowest BCUT2D eigenvalue weighted by Gasteiger charge is -2.16. The van der Waals surface area contributed by atoms with E-state index in [0.717, 1.165) is 31.2 Å². The van der Waals surface area contributed by atoms with Gasteiger partial charge in [-0.05, 0) is 56.2 Å². The molecular weight excluding hydrogens is 362 g/mol. The number of thiophene rings is 1. The molecule has 3 rings (SSSR count). The molecule has 0 saturated carbocycles. The van der Waals surface area contributed by atoms with Crippen LogP contribution >= 0.6 is 11.3 Å². The lowest BCUT2D eigenvalue weighted by atomic mass is 9.99. The van der Waals surface area contributed by atoms with E-state index in [1.165, 1.54) is 28.7 Å². The van der Waals surface area contributed by atoms with Gasteiger partial charge in [0.2, 0.25) is 0 Å². The van der Waals surface area contributed by atoms with Crippen LogP contribution in [0.3, 0.4) is 0 Å². The molecule has 1 heterocycles. The Morgan fingerprint density at radius 2 is 1.89 bits per heavy atom. The average Bonchev–Trinajstić information content (AvgIpc) is 3.10. The summed E-state index contributed by atoms with van der Waals surface area (Å²) in [7, 11) is 0. The van der Waals surface area contributed by atoms with Crippen molar-refractivity contribution in [3.05, 3.63) is 57.3 Å². The fourth-order valence-electron chi connectivity index (χ4n) is 3.18. The van der Waals surface area contributed by atoms with Gasteiger partial charge in [-0.25, -0.2) is 4.79 Å². The van der Waals surface area contributed by atoms with E-state index in [9.17, 15) is 14.4 Å². The van der Waals surface area contributed by atoms with Gasteiger partial charge in [0, 0.05) is 4.88 Å². The van der Waals surface area contributed by atoms with Gasteiger partial charge in [0.25, 0.3) is 5.91 Å². The normalized spacial score (nSPS) is 14.1. The molecule has 0 fully saturated rings. The largest absolute Gasteiger partial charge is 0.451 e. The Morgan fingerprint density at radius 1 is 1.15 bits per heavy atom. The number of hydrogen-bond acceptors (Lipinski definition) is 5. The number of hydrogen-bond donors (Lipinski definition) is 1. The molecule has 0 unspecified atom stereocenters. The summed E-state index contributed by atoms with van der Waals surface area (Å²) in [4.78, 5) is 38.0. The van der Waals surface area contributed by atoms with Crippen LogP contribution in [-0.2, 0) is 33.6 Å². The maximum Gasteiger partial charge on any atom is 0.348 e. The summed E-state index contributed by atoms with van der Waals surface area (Å²) in [5.41, 5.74) is 2.18. The maximum absolute atomic E-state index is 12.2. The summed E-state index contributed by atoms with van der Waals surface area (Å²) in [5, 5.41) is 2.66. The van der Waals surface area contributed by atoms with Gasteiger partial charge < -0.3 is 10.1 Å². The summed E-state index contributed by atoms with van der Waals surface area (Å²) in [6, 6.07) is 10.7. The smallest absolute Gasteiger partial charge is 0.348 e. The summed E-state index contributed by atoms with van der Waals surface area (Å²) < 4.78 is 5.15. The minimum Gasteiger partial charge on any atom is -0.451 e. The molecule has 2 aromatic rings. The zero-order valence-corrected chi connectivity index (χ0v) is 16.1. The van der Waals surface area contributed by atoms with Crippen LogP contribution in [0.25, 0.3) is 0 Å². The zero-order valence-electron chi connectivity index (χ0n) is 15.3. The van der Waals surface area contributed by atoms with E-state index in [2.05, 4.69) is 5.32 Å². The molecule has 1 atom stereocenters. The fourth-order valence-corrected chi connectivity index (χ4v) is 4.32. The third-order valence-electron chi connectivity index (χ3n) is 4.64. The third kappa shape index (κ3) is 5.26. The summed E-state index contributed by atoms with van der Waals surface area (Å²) in [6.07, 6.45) is 4.72. The molecular formula is C21H23NO4S. The van der Waals surface area contributed by atoms with Crippen molar-refractivity contribution in [1.29, 1.82) is 0 Å². The van der Waals surface area contributed by atoms with E-state index in [1.54, 1.807) is 0 Å². The topological polar surface area (TPSA) is 72.5 Å². The second-order valence-electron chi connectivity index (χ2n) is 6.76. The van der Waals surface area contributed by atoms with Crippen LogP contribution in [0.2, 0.25) is 0 Å². The van der Waals surface area contributed by atoms with Gasteiger partial charge in [0.15, 0.2) is 12.4 Å². The molecule has 1 amide bonds. The number of carbonyl (C=O) groups is 3. The Balaban J connectivity index is 1.52. The van der Waals surface area contributed by atoms with Crippen LogP contribution < -0.4 is 5.32 Å². The highest BCUT2D eigenvalue weighted by atomic mass is 32.1. The maximum atomic E-state index is 12.2. The minimum absolute atomic E-state index is 0.135. The number of rotatable bonds is 7. The van der Waals surface area contributed by atoms with Crippen LogP contribution in [-0.4, -0.2) is 30.3 Å². The Hall–Kier alpha value is -2.47. The number of ketones is 1. The number of esters is 1. The van der Waals surface area contributed by atoms with Crippen molar-refractivity contribution in [2.75, 3.05) is 6.61 Å². The molecule has 142 valence electrons. The molecule has 1 aliphatic carbocycles. The first-order valence-electron chi connectivity index (χ1n) is 9.15. The fraction of sp³-hybridized carbons (Fsp3) is 0.381.